The zero-order valence-corrected chi connectivity index (χ0v) is 25.6. The highest BCUT2D eigenvalue weighted by Crippen LogP contribution is 2.43. The Morgan fingerprint density at radius 3 is 2.20 bits per heavy atom. The highest BCUT2D eigenvalue weighted by atomic mass is 19.2. The lowest BCUT2D eigenvalue weighted by Gasteiger charge is -2.36. The molecule has 1 aliphatic carbocycles. The standard InChI is InChI=1S/C34H40F3N5O2/c1-21-7-4-5-10-26(21)30-20-42(39-38-30)25-11-14-40(15-12-25)32(43)22-8-6-9-23(17-22)33(44)41-16-13-27(34(41,2)3)24-18-28(35)31(37)29(36)19-24/h6,8-9,17-21,25-27H,4-5,7,10-16H2,1-3H3. The van der Waals surface area contributed by atoms with E-state index in [0.29, 0.717) is 54.6 Å². The molecule has 2 aromatic carbocycles. The average molecular weight is 608 g/mol. The van der Waals surface area contributed by atoms with Crippen LogP contribution >= 0.6 is 0 Å². The van der Waals surface area contributed by atoms with E-state index in [1.807, 2.05) is 23.4 Å². The van der Waals surface area contributed by atoms with Crippen molar-refractivity contribution in [1.82, 2.24) is 24.8 Å². The molecule has 3 aromatic rings. The molecular weight excluding hydrogens is 567 g/mol. The predicted molar refractivity (Wildman–Crippen MR) is 160 cm³/mol. The summed E-state index contributed by atoms with van der Waals surface area (Å²) < 4.78 is 43.5. The molecule has 0 spiro atoms. The summed E-state index contributed by atoms with van der Waals surface area (Å²) in [4.78, 5) is 30.7. The number of hydrogen-bond acceptors (Lipinski definition) is 4. The molecule has 3 fully saturated rings. The van der Waals surface area contributed by atoms with Crippen LogP contribution in [0.5, 0.6) is 0 Å². The number of halogens is 3. The van der Waals surface area contributed by atoms with E-state index in [1.165, 1.54) is 25.7 Å². The van der Waals surface area contributed by atoms with Crippen molar-refractivity contribution in [2.24, 2.45) is 5.92 Å². The van der Waals surface area contributed by atoms with E-state index in [1.54, 1.807) is 29.2 Å². The highest BCUT2D eigenvalue weighted by Gasteiger charge is 2.45. The van der Waals surface area contributed by atoms with Gasteiger partial charge in [0.25, 0.3) is 11.8 Å². The van der Waals surface area contributed by atoms with Crippen LogP contribution in [0.4, 0.5) is 13.2 Å². The van der Waals surface area contributed by atoms with Crippen molar-refractivity contribution in [2.75, 3.05) is 19.6 Å². The molecule has 2 aliphatic heterocycles. The Hall–Kier alpha value is -3.69. The minimum absolute atomic E-state index is 0.121. The number of carbonyl (C=O) groups is 2. The van der Waals surface area contributed by atoms with E-state index in [-0.39, 0.29) is 23.8 Å². The molecule has 7 nitrogen and oxygen atoms in total. The van der Waals surface area contributed by atoms with Crippen LogP contribution in [-0.4, -0.2) is 61.8 Å². The molecule has 3 heterocycles. The van der Waals surface area contributed by atoms with Gasteiger partial charge in [-0.05, 0) is 81.3 Å². The maximum absolute atomic E-state index is 14.0. The zero-order chi connectivity index (χ0) is 31.2. The normalized spacial score (nSPS) is 24.1. The molecule has 3 atom stereocenters. The number of amides is 2. The smallest absolute Gasteiger partial charge is 0.254 e. The molecule has 2 amide bonds. The van der Waals surface area contributed by atoms with E-state index in [2.05, 4.69) is 23.4 Å². The third kappa shape index (κ3) is 5.63. The molecule has 1 saturated carbocycles. The SMILES string of the molecule is CC1CCCCC1c1cn(C2CCN(C(=O)c3cccc(C(=O)N4CCC(c5cc(F)c(F)c(F)c5)C4(C)C)c3)CC2)nn1. The maximum atomic E-state index is 14.0. The first kappa shape index (κ1) is 30.3. The van der Waals surface area contributed by atoms with Crippen LogP contribution in [0.1, 0.15) is 116 Å². The van der Waals surface area contributed by atoms with E-state index < -0.39 is 23.0 Å². The summed E-state index contributed by atoms with van der Waals surface area (Å²) in [5.74, 6) is -3.65. The lowest BCUT2D eigenvalue weighted by Crippen LogP contribution is -2.45. The molecule has 6 rings (SSSR count). The van der Waals surface area contributed by atoms with Gasteiger partial charge < -0.3 is 9.80 Å². The Bertz CT molecular complexity index is 1520. The van der Waals surface area contributed by atoms with Gasteiger partial charge in [0, 0.05) is 54.3 Å². The topological polar surface area (TPSA) is 71.3 Å². The fraction of sp³-hybridized carbons (Fsp3) is 0.529. The van der Waals surface area contributed by atoms with Crippen molar-refractivity contribution in [3.8, 4) is 0 Å². The van der Waals surface area contributed by atoms with Crippen molar-refractivity contribution in [3.63, 3.8) is 0 Å². The third-order valence-electron chi connectivity index (χ3n) is 10.3. The predicted octanol–water partition coefficient (Wildman–Crippen LogP) is 6.87. The molecule has 2 saturated heterocycles. The molecule has 3 aliphatic rings. The van der Waals surface area contributed by atoms with Crippen LogP contribution in [0, 0.1) is 23.4 Å². The largest absolute Gasteiger partial charge is 0.338 e. The van der Waals surface area contributed by atoms with Crippen molar-refractivity contribution >= 4 is 11.8 Å². The molecule has 1 aromatic heterocycles. The van der Waals surface area contributed by atoms with Crippen LogP contribution in [0.15, 0.2) is 42.6 Å². The Balaban J connectivity index is 1.10. The molecule has 10 heteroatoms. The van der Waals surface area contributed by atoms with Crippen LogP contribution in [0.25, 0.3) is 0 Å². The number of piperidine rings is 1. The summed E-state index contributed by atoms with van der Waals surface area (Å²) in [6.07, 6.45) is 9.07. The Morgan fingerprint density at radius 2 is 1.52 bits per heavy atom. The Kier molecular flexibility index (Phi) is 8.28. The second-order valence-electron chi connectivity index (χ2n) is 13.3. The second-order valence-corrected chi connectivity index (χ2v) is 13.3. The number of hydrogen-bond donors (Lipinski definition) is 0. The van der Waals surface area contributed by atoms with Crippen LogP contribution in [0.2, 0.25) is 0 Å². The van der Waals surface area contributed by atoms with E-state index >= 15 is 0 Å². The third-order valence-corrected chi connectivity index (χ3v) is 10.3. The van der Waals surface area contributed by atoms with Gasteiger partial charge in [-0.15, -0.1) is 5.10 Å². The van der Waals surface area contributed by atoms with Gasteiger partial charge in [-0.1, -0.05) is 37.5 Å². The summed E-state index contributed by atoms with van der Waals surface area (Å²) in [7, 11) is 0. The lowest BCUT2D eigenvalue weighted by atomic mass is 9.79. The molecular formula is C34H40F3N5O2. The first-order chi connectivity index (χ1) is 21.0. The minimum Gasteiger partial charge on any atom is -0.338 e. The van der Waals surface area contributed by atoms with Gasteiger partial charge in [0.2, 0.25) is 0 Å². The molecule has 0 N–H and O–H groups in total. The van der Waals surface area contributed by atoms with Crippen molar-refractivity contribution in [3.05, 3.63) is 82.4 Å². The molecule has 0 bridgehead atoms. The number of rotatable bonds is 5. The average Bonchev–Trinajstić information content (AvgIpc) is 3.63. The summed E-state index contributed by atoms with van der Waals surface area (Å²) in [6, 6.07) is 8.97. The first-order valence-corrected chi connectivity index (χ1v) is 15.8. The fourth-order valence-corrected chi connectivity index (χ4v) is 7.65. The minimum atomic E-state index is -1.50. The molecule has 234 valence electrons. The van der Waals surface area contributed by atoms with Crippen molar-refractivity contribution < 1.29 is 22.8 Å². The number of carbonyl (C=O) groups excluding carboxylic acids is 2. The van der Waals surface area contributed by atoms with E-state index in [4.69, 9.17) is 0 Å². The quantitative estimate of drug-likeness (QED) is 0.297. The van der Waals surface area contributed by atoms with Gasteiger partial charge in [0.05, 0.1) is 11.7 Å². The van der Waals surface area contributed by atoms with Crippen molar-refractivity contribution in [1.29, 1.82) is 0 Å². The number of benzene rings is 2. The summed E-state index contributed by atoms with van der Waals surface area (Å²) in [5, 5.41) is 8.98. The molecule has 0 radical (unpaired) electrons. The van der Waals surface area contributed by atoms with Crippen LogP contribution in [0.3, 0.4) is 0 Å². The van der Waals surface area contributed by atoms with Gasteiger partial charge >= 0.3 is 0 Å². The lowest BCUT2D eigenvalue weighted by molar-refractivity contribution is 0.0635. The highest BCUT2D eigenvalue weighted by molar-refractivity contribution is 6.00. The molecule has 44 heavy (non-hydrogen) atoms. The van der Waals surface area contributed by atoms with Gasteiger partial charge in [-0.2, -0.15) is 0 Å². The number of likely N-dealkylation sites (tertiary alicyclic amines) is 2. The second kappa shape index (κ2) is 12.0. The summed E-state index contributed by atoms with van der Waals surface area (Å²) >= 11 is 0. The summed E-state index contributed by atoms with van der Waals surface area (Å²) in [5.41, 5.74) is 1.44. The monoisotopic (exact) mass is 607 g/mol. The van der Waals surface area contributed by atoms with Crippen LogP contribution in [-0.2, 0) is 0 Å². The van der Waals surface area contributed by atoms with Gasteiger partial charge in [0.15, 0.2) is 17.5 Å². The van der Waals surface area contributed by atoms with Gasteiger partial charge in [-0.3, -0.25) is 9.59 Å². The molecule has 3 unspecified atom stereocenters. The van der Waals surface area contributed by atoms with E-state index in [9.17, 15) is 22.8 Å². The number of aromatic nitrogens is 3. The van der Waals surface area contributed by atoms with Crippen molar-refractivity contribution in [2.45, 2.75) is 89.1 Å². The van der Waals surface area contributed by atoms with Gasteiger partial charge in [-0.25, -0.2) is 17.9 Å². The van der Waals surface area contributed by atoms with Gasteiger partial charge in [0.1, 0.15) is 0 Å². The van der Waals surface area contributed by atoms with E-state index in [0.717, 1.165) is 30.7 Å². The number of nitrogens with zero attached hydrogens (tertiary/aromatic N) is 5. The zero-order valence-electron chi connectivity index (χ0n) is 25.6. The fourth-order valence-electron chi connectivity index (χ4n) is 7.65. The Morgan fingerprint density at radius 1 is 0.864 bits per heavy atom. The maximum Gasteiger partial charge on any atom is 0.254 e. The first-order valence-electron chi connectivity index (χ1n) is 15.8. The van der Waals surface area contributed by atoms with Crippen LogP contribution < -0.4 is 0 Å². The Labute approximate surface area is 256 Å². The summed E-state index contributed by atoms with van der Waals surface area (Å²) in [6.45, 7) is 7.53.